The Bertz CT molecular complexity index is 2830. The molecular formula is C57H68N8O6. The van der Waals surface area contributed by atoms with Gasteiger partial charge in [0.2, 0.25) is 11.8 Å². The standard InChI is InChI=1S/C57H68N8O6/c1-7-31(3)49(62-55(68)70-5)53(66)64-45-23-38(45)25-47(64)51-58-29-43(60-51)35-15-11-33(12-16-35)37-21-40-27-57(19-9-10-20-57)28-42(40)41(22-37)34-13-17-36(18-14-34)44-30-59-52(61-44)48-26-39-24-46(39)65(48)54(67)50(32(4)8-2)63-56(69)71-6/h11-18,21-22,29-32,38-39,45-50H,7-10,19-20,23-28H2,1-6H3,(H,58,60)(H,59,61)(H,62,68)(H,63,69)/t31?,32?,38?,39?,45?,46?,47-,48-,49-,50-/m0/s1. The topological polar surface area (TPSA) is 175 Å². The van der Waals surface area contributed by atoms with Gasteiger partial charge in [0.1, 0.15) is 23.7 Å². The van der Waals surface area contributed by atoms with Gasteiger partial charge in [-0.25, -0.2) is 19.6 Å². The fourth-order valence-electron chi connectivity index (χ4n) is 12.9. The number of imidazole rings is 2. The van der Waals surface area contributed by atoms with Crippen molar-refractivity contribution in [2.75, 3.05) is 14.2 Å². The van der Waals surface area contributed by atoms with Crippen molar-refractivity contribution >= 4 is 24.0 Å². The number of alkyl carbamates (subject to hydrolysis) is 2. The molecule has 3 aromatic carbocycles. The van der Waals surface area contributed by atoms with E-state index in [0.29, 0.717) is 17.3 Å². The molecule has 6 aliphatic rings. The van der Waals surface area contributed by atoms with Gasteiger partial charge in [-0.1, -0.05) is 108 Å². The zero-order valence-electron chi connectivity index (χ0n) is 41.9. The number of ether oxygens (including phenoxy) is 2. The summed E-state index contributed by atoms with van der Waals surface area (Å²) in [5, 5.41) is 5.65. The number of fused-ring (bicyclic) bond motifs is 3. The van der Waals surface area contributed by atoms with Gasteiger partial charge >= 0.3 is 12.2 Å². The number of piperidine rings is 2. The number of H-pyrrole nitrogens is 2. The Morgan fingerprint density at radius 1 is 0.648 bits per heavy atom. The molecule has 10 atom stereocenters. The summed E-state index contributed by atoms with van der Waals surface area (Å²) in [5.41, 5.74) is 12.0. The minimum Gasteiger partial charge on any atom is -0.453 e. The summed E-state index contributed by atoms with van der Waals surface area (Å²) in [7, 11) is 2.65. The van der Waals surface area contributed by atoms with Crippen molar-refractivity contribution < 1.29 is 28.7 Å². The van der Waals surface area contributed by atoms with E-state index >= 15 is 0 Å². The average molecular weight is 961 g/mol. The number of hydrogen-bond acceptors (Lipinski definition) is 8. The zero-order valence-corrected chi connectivity index (χ0v) is 41.9. The first kappa shape index (κ1) is 46.9. The van der Waals surface area contributed by atoms with E-state index in [0.717, 1.165) is 91.1 Å². The molecule has 5 aromatic rings. The molecule has 5 fully saturated rings. The van der Waals surface area contributed by atoms with Crippen molar-refractivity contribution in [3.05, 3.63) is 95.8 Å². The Hall–Kier alpha value is -6.44. The van der Waals surface area contributed by atoms with Crippen LogP contribution >= 0.6 is 0 Å². The normalized spacial score (nSPS) is 24.9. The first-order valence-corrected chi connectivity index (χ1v) is 26.2. The highest BCUT2D eigenvalue weighted by molar-refractivity contribution is 5.88. The number of carbonyl (C=O) groups excluding carboxylic acids is 4. The molecule has 11 rings (SSSR count). The molecule has 4 amide bonds. The molecular weight excluding hydrogens is 893 g/mol. The third-order valence-electron chi connectivity index (χ3n) is 17.6. The molecule has 4 aliphatic carbocycles. The second-order valence-corrected chi connectivity index (χ2v) is 21.9. The lowest BCUT2D eigenvalue weighted by Gasteiger charge is -2.32. The number of methoxy groups -OCH3 is 2. The molecule has 372 valence electrons. The molecule has 14 heteroatoms. The summed E-state index contributed by atoms with van der Waals surface area (Å²) >= 11 is 0. The lowest BCUT2D eigenvalue weighted by atomic mass is 9.83. The van der Waals surface area contributed by atoms with E-state index in [2.05, 4.69) is 81.3 Å². The van der Waals surface area contributed by atoms with Crippen LogP contribution in [0.4, 0.5) is 9.59 Å². The summed E-state index contributed by atoms with van der Waals surface area (Å²) in [6, 6.07) is 21.1. The molecule has 2 saturated heterocycles. The van der Waals surface area contributed by atoms with Crippen LogP contribution in [0.25, 0.3) is 44.8 Å². The summed E-state index contributed by atoms with van der Waals surface area (Å²) in [6.07, 6.45) is 15.1. The van der Waals surface area contributed by atoms with Gasteiger partial charge in [-0.05, 0) is 131 Å². The number of carbonyl (C=O) groups is 4. The average Bonchev–Trinajstić information content (AvgIpc) is 3.84. The fourth-order valence-corrected chi connectivity index (χ4v) is 12.9. The van der Waals surface area contributed by atoms with E-state index in [1.165, 1.54) is 67.7 Å². The van der Waals surface area contributed by atoms with E-state index in [9.17, 15) is 19.2 Å². The maximum Gasteiger partial charge on any atom is 0.407 e. The molecule has 0 bridgehead atoms. The quantitative estimate of drug-likeness (QED) is 0.0851. The van der Waals surface area contributed by atoms with Crippen molar-refractivity contribution in [2.45, 2.75) is 141 Å². The van der Waals surface area contributed by atoms with Crippen LogP contribution in [0.1, 0.15) is 127 Å². The van der Waals surface area contributed by atoms with Crippen LogP contribution < -0.4 is 10.6 Å². The number of nitrogens with zero attached hydrogens (tertiary/aromatic N) is 4. The number of aromatic nitrogens is 4. The van der Waals surface area contributed by atoms with Crippen molar-refractivity contribution in [3.8, 4) is 44.8 Å². The Morgan fingerprint density at radius 2 is 1.11 bits per heavy atom. The highest BCUT2D eigenvalue weighted by Gasteiger charge is 2.57. The van der Waals surface area contributed by atoms with E-state index in [-0.39, 0.29) is 47.8 Å². The van der Waals surface area contributed by atoms with Gasteiger partial charge in [-0.2, -0.15) is 0 Å². The van der Waals surface area contributed by atoms with Crippen LogP contribution in [0, 0.1) is 29.1 Å². The van der Waals surface area contributed by atoms with Gasteiger partial charge in [-0.15, -0.1) is 0 Å². The van der Waals surface area contributed by atoms with Crippen LogP contribution in [0.5, 0.6) is 0 Å². The predicted molar refractivity (Wildman–Crippen MR) is 271 cm³/mol. The van der Waals surface area contributed by atoms with Gasteiger partial charge in [0, 0.05) is 12.1 Å². The Morgan fingerprint density at radius 3 is 1.58 bits per heavy atom. The zero-order chi connectivity index (χ0) is 49.3. The molecule has 4 N–H and O–H groups in total. The third kappa shape index (κ3) is 8.68. The van der Waals surface area contributed by atoms with E-state index in [4.69, 9.17) is 19.4 Å². The molecule has 2 aromatic heterocycles. The summed E-state index contributed by atoms with van der Waals surface area (Å²) in [5.74, 6) is 2.22. The number of hydrogen-bond donors (Lipinski definition) is 4. The van der Waals surface area contributed by atoms with Crippen LogP contribution in [-0.2, 0) is 31.9 Å². The molecule has 14 nitrogen and oxygen atoms in total. The predicted octanol–water partition coefficient (Wildman–Crippen LogP) is 10.3. The minimum absolute atomic E-state index is 0.0475. The lowest BCUT2D eigenvalue weighted by Crippen LogP contribution is -2.52. The van der Waals surface area contributed by atoms with E-state index in [1.54, 1.807) is 0 Å². The summed E-state index contributed by atoms with van der Waals surface area (Å²) in [4.78, 5) is 73.7. The van der Waals surface area contributed by atoms with Crippen molar-refractivity contribution in [1.82, 2.24) is 40.4 Å². The number of rotatable bonds is 14. The number of likely N-dealkylation sites (tertiary alicyclic amines) is 2. The molecule has 2 aliphatic heterocycles. The second kappa shape index (κ2) is 18.6. The highest BCUT2D eigenvalue weighted by Crippen LogP contribution is 2.55. The lowest BCUT2D eigenvalue weighted by molar-refractivity contribution is -0.137. The molecule has 3 saturated carbocycles. The van der Waals surface area contributed by atoms with Gasteiger partial charge in [0.25, 0.3) is 0 Å². The summed E-state index contributed by atoms with van der Waals surface area (Å²) in [6.45, 7) is 8.04. The summed E-state index contributed by atoms with van der Waals surface area (Å²) < 4.78 is 9.79. The minimum atomic E-state index is -0.664. The second-order valence-electron chi connectivity index (χ2n) is 21.9. The maximum absolute atomic E-state index is 14.2. The molecule has 0 radical (unpaired) electrons. The maximum atomic E-state index is 14.2. The molecule has 71 heavy (non-hydrogen) atoms. The van der Waals surface area contributed by atoms with Crippen LogP contribution in [0.2, 0.25) is 0 Å². The Balaban J connectivity index is 0.829. The Labute approximate surface area is 416 Å². The molecule has 6 unspecified atom stereocenters. The smallest absolute Gasteiger partial charge is 0.407 e. The largest absolute Gasteiger partial charge is 0.453 e. The Kier molecular flexibility index (Phi) is 12.3. The van der Waals surface area contributed by atoms with Crippen LogP contribution in [0.15, 0.2) is 73.1 Å². The van der Waals surface area contributed by atoms with Crippen molar-refractivity contribution in [2.24, 2.45) is 29.1 Å². The van der Waals surface area contributed by atoms with E-state index < -0.39 is 24.3 Å². The number of amides is 4. The number of aromatic amines is 2. The first-order valence-electron chi connectivity index (χ1n) is 26.2. The first-order chi connectivity index (χ1) is 34.4. The van der Waals surface area contributed by atoms with Gasteiger partial charge in [0.15, 0.2) is 0 Å². The van der Waals surface area contributed by atoms with Crippen LogP contribution in [0.3, 0.4) is 0 Å². The third-order valence-corrected chi connectivity index (χ3v) is 17.6. The van der Waals surface area contributed by atoms with Gasteiger partial charge < -0.3 is 39.9 Å². The molecule has 4 heterocycles. The van der Waals surface area contributed by atoms with Crippen molar-refractivity contribution in [3.63, 3.8) is 0 Å². The number of benzene rings is 3. The van der Waals surface area contributed by atoms with Gasteiger partial charge in [0.05, 0.1) is 50.1 Å². The fraction of sp³-hybridized carbons (Fsp3) is 0.509. The SMILES string of the molecule is CCC(C)[C@H](NC(=O)OC)C(=O)N1C2CC2C[C@H]1c1ncc(-c2ccc(-c3cc4c(c(-c5ccc(-c6cnc([C@@H]7CC8CC8N7C(=O)[C@@H](NC(=O)OC)C(C)CC)[nH]6)cc5)c3)CC3(CCCC3)C4)cc2)[nH]1. The number of nitrogens with one attached hydrogen (secondary N) is 4. The van der Waals surface area contributed by atoms with E-state index in [1.807, 2.05) is 49.9 Å². The highest BCUT2D eigenvalue weighted by atomic mass is 16.5. The van der Waals surface area contributed by atoms with Crippen molar-refractivity contribution in [1.29, 1.82) is 0 Å². The van der Waals surface area contributed by atoms with Gasteiger partial charge in [-0.3, -0.25) is 9.59 Å². The molecule has 1 spiro atoms. The monoisotopic (exact) mass is 961 g/mol. The van der Waals surface area contributed by atoms with Crippen LogP contribution in [-0.4, -0.2) is 92.1 Å².